The zero-order valence-corrected chi connectivity index (χ0v) is 20.3. The highest BCUT2D eigenvalue weighted by Gasteiger charge is 2.57. The van der Waals surface area contributed by atoms with Gasteiger partial charge in [-0.05, 0) is 30.0 Å². The summed E-state index contributed by atoms with van der Waals surface area (Å²) in [6.45, 7) is 4.09. The third kappa shape index (κ3) is 5.83. The smallest absolute Gasteiger partial charge is 0.197 e. The largest absolute Gasteiger partial charge is 0.368 e. The summed E-state index contributed by atoms with van der Waals surface area (Å²) in [6, 6.07) is 30.6. The zero-order chi connectivity index (χ0) is 23.9. The molecular formula is C30H34O5. The van der Waals surface area contributed by atoms with Gasteiger partial charge in [0.05, 0.1) is 32.5 Å². The Morgan fingerprint density at radius 1 is 0.686 bits per heavy atom. The van der Waals surface area contributed by atoms with Crippen LogP contribution in [0.2, 0.25) is 0 Å². The first-order chi connectivity index (χ1) is 17.2. The summed E-state index contributed by atoms with van der Waals surface area (Å²) in [7, 11) is 0. The van der Waals surface area contributed by atoms with Crippen molar-refractivity contribution < 1.29 is 23.7 Å². The van der Waals surface area contributed by atoms with Gasteiger partial charge in [-0.3, -0.25) is 0 Å². The van der Waals surface area contributed by atoms with Gasteiger partial charge in [-0.15, -0.1) is 0 Å². The van der Waals surface area contributed by atoms with E-state index < -0.39 is 11.9 Å². The van der Waals surface area contributed by atoms with Gasteiger partial charge in [-0.2, -0.15) is 0 Å². The molecule has 5 atom stereocenters. The molecule has 184 valence electrons. The summed E-state index contributed by atoms with van der Waals surface area (Å²) in [5.41, 5.74) is 3.32. The van der Waals surface area contributed by atoms with E-state index in [9.17, 15) is 0 Å². The molecule has 2 fully saturated rings. The highest BCUT2D eigenvalue weighted by Crippen LogP contribution is 2.42. The molecule has 2 aliphatic heterocycles. The van der Waals surface area contributed by atoms with E-state index in [-0.39, 0.29) is 18.3 Å². The van der Waals surface area contributed by atoms with Crippen molar-refractivity contribution in [3.63, 3.8) is 0 Å². The number of rotatable bonds is 9. The Hall–Kier alpha value is -2.54. The van der Waals surface area contributed by atoms with Crippen molar-refractivity contribution >= 4 is 0 Å². The van der Waals surface area contributed by atoms with Gasteiger partial charge in [0.25, 0.3) is 0 Å². The molecule has 0 aliphatic carbocycles. The number of ether oxygens (including phenoxy) is 5. The molecule has 35 heavy (non-hydrogen) atoms. The maximum atomic E-state index is 6.62. The van der Waals surface area contributed by atoms with Crippen LogP contribution in [0.4, 0.5) is 0 Å². The van der Waals surface area contributed by atoms with Gasteiger partial charge >= 0.3 is 0 Å². The average molecular weight is 475 g/mol. The summed E-state index contributed by atoms with van der Waals surface area (Å²) < 4.78 is 32.5. The van der Waals surface area contributed by atoms with E-state index in [1.54, 1.807) is 0 Å². The molecule has 0 radical (unpaired) electrons. The SMILES string of the molecule is C[C@@H]1O[C@]2(CCCO2)[C@H](OCc2ccccc2)[C@H](OCc2ccccc2)[C@H]1OCc1ccccc1. The van der Waals surface area contributed by atoms with Crippen molar-refractivity contribution in [3.05, 3.63) is 108 Å². The molecule has 2 heterocycles. The van der Waals surface area contributed by atoms with E-state index in [4.69, 9.17) is 23.7 Å². The fourth-order valence-electron chi connectivity index (χ4n) is 5.02. The predicted octanol–water partition coefficient (Wildman–Crippen LogP) is 5.67. The summed E-state index contributed by atoms with van der Waals surface area (Å²) in [5.74, 6) is -0.831. The topological polar surface area (TPSA) is 46.2 Å². The van der Waals surface area contributed by atoms with Crippen LogP contribution in [0, 0.1) is 0 Å². The second-order valence-corrected chi connectivity index (χ2v) is 9.33. The fraction of sp³-hybridized carbons (Fsp3) is 0.400. The molecule has 3 aromatic rings. The average Bonchev–Trinajstić information content (AvgIpc) is 3.37. The first-order valence-corrected chi connectivity index (χ1v) is 12.5. The highest BCUT2D eigenvalue weighted by atomic mass is 16.7. The van der Waals surface area contributed by atoms with Gasteiger partial charge in [-0.1, -0.05) is 91.0 Å². The van der Waals surface area contributed by atoms with E-state index in [0.717, 1.165) is 29.5 Å². The predicted molar refractivity (Wildman–Crippen MR) is 134 cm³/mol. The Bertz CT molecular complexity index is 1020. The number of benzene rings is 3. The third-order valence-corrected chi connectivity index (χ3v) is 6.76. The molecule has 2 saturated heterocycles. The lowest BCUT2D eigenvalue weighted by atomic mass is 9.90. The van der Waals surface area contributed by atoms with Gasteiger partial charge in [-0.25, -0.2) is 0 Å². The Morgan fingerprint density at radius 3 is 1.66 bits per heavy atom. The monoisotopic (exact) mass is 474 g/mol. The minimum absolute atomic E-state index is 0.214. The van der Waals surface area contributed by atoms with Crippen LogP contribution in [-0.2, 0) is 43.5 Å². The Labute approximate surface area is 207 Å². The van der Waals surface area contributed by atoms with Crippen LogP contribution in [0.3, 0.4) is 0 Å². The standard InChI is InChI=1S/C30H34O5/c1-23-27(31-20-24-12-5-2-6-13-24)28(32-21-25-14-7-3-8-15-25)29(30(35-23)18-11-19-34-30)33-22-26-16-9-4-10-17-26/h2-10,12-17,23,27-29H,11,18-22H2,1H3/t23-,27-,28+,29+,30+/m0/s1. The minimum Gasteiger partial charge on any atom is -0.368 e. The van der Waals surface area contributed by atoms with E-state index in [1.165, 1.54) is 0 Å². The third-order valence-electron chi connectivity index (χ3n) is 6.76. The molecule has 2 aliphatic rings. The van der Waals surface area contributed by atoms with Crippen molar-refractivity contribution in [1.29, 1.82) is 0 Å². The zero-order valence-electron chi connectivity index (χ0n) is 20.3. The second-order valence-electron chi connectivity index (χ2n) is 9.33. The molecule has 3 aromatic carbocycles. The number of hydrogen-bond acceptors (Lipinski definition) is 5. The molecule has 0 unspecified atom stereocenters. The van der Waals surface area contributed by atoms with Gasteiger partial charge in [0.1, 0.15) is 18.3 Å². The lowest BCUT2D eigenvalue weighted by Crippen LogP contribution is -2.65. The molecule has 0 amide bonds. The fourth-order valence-corrected chi connectivity index (χ4v) is 5.02. The van der Waals surface area contributed by atoms with Crippen LogP contribution in [-0.4, -0.2) is 36.8 Å². The first-order valence-electron chi connectivity index (χ1n) is 12.5. The summed E-state index contributed by atoms with van der Waals surface area (Å²) in [5, 5.41) is 0. The lowest BCUT2D eigenvalue weighted by molar-refractivity contribution is -0.364. The molecule has 1 spiro atoms. The Balaban J connectivity index is 1.41. The molecule has 5 rings (SSSR count). The summed E-state index contributed by atoms with van der Waals surface area (Å²) in [4.78, 5) is 0. The molecular weight excluding hydrogens is 440 g/mol. The second kappa shape index (κ2) is 11.5. The van der Waals surface area contributed by atoms with E-state index in [0.29, 0.717) is 26.4 Å². The quantitative estimate of drug-likeness (QED) is 0.400. The van der Waals surface area contributed by atoms with Crippen LogP contribution >= 0.6 is 0 Å². The van der Waals surface area contributed by atoms with Crippen LogP contribution in [0.1, 0.15) is 36.5 Å². The van der Waals surface area contributed by atoms with Gasteiger partial charge in [0.2, 0.25) is 0 Å². The van der Waals surface area contributed by atoms with Crippen molar-refractivity contribution in [2.24, 2.45) is 0 Å². The maximum absolute atomic E-state index is 6.62. The van der Waals surface area contributed by atoms with Crippen LogP contribution in [0.15, 0.2) is 91.0 Å². The van der Waals surface area contributed by atoms with Gasteiger partial charge in [0.15, 0.2) is 5.79 Å². The van der Waals surface area contributed by atoms with E-state index >= 15 is 0 Å². The summed E-state index contributed by atoms with van der Waals surface area (Å²) in [6.07, 6.45) is 0.394. The maximum Gasteiger partial charge on any atom is 0.197 e. The van der Waals surface area contributed by atoms with Crippen molar-refractivity contribution in [3.8, 4) is 0 Å². The van der Waals surface area contributed by atoms with Crippen molar-refractivity contribution in [2.45, 2.75) is 69.8 Å². The molecule has 5 heteroatoms. The molecule has 5 nitrogen and oxygen atoms in total. The van der Waals surface area contributed by atoms with Gasteiger partial charge < -0.3 is 23.7 Å². The molecule has 0 aromatic heterocycles. The number of hydrogen-bond donors (Lipinski definition) is 0. The minimum atomic E-state index is -0.831. The molecule has 0 N–H and O–H groups in total. The van der Waals surface area contributed by atoms with Gasteiger partial charge in [0, 0.05) is 6.42 Å². The molecule has 0 bridgehead atoms. The van der Waals surface area contributed by atoms with Crippen LogP contribution < -0.4 is 0 Å². The first kappa shape index (κ1) is 24.2. The van der Waals surface area contributed by atoms with Crippen LogP contribution in [0.25, 0.3) is 0 Å². The summed E-state index contributed by atoms with van der Waals surface area (Å²) >= 11 is 0. The van der Waals surface area contributed by atoms with Crippen molar-refractivity contribution in [2.75, 3.05) is 6.61 Å². The molecule has 0 saturated carbocycles. The normalized spacial score (nSPS) is 28.4. The lowest BCUT2D eigenvalue weighted by Gasteiger charge is -2.50. The Morgan fingerprint density at radius 2 is 1.17 bits per heavy atom. The van der Waals surface area contributed by atoms with Crippen LogP contribution in [0.5, 0.6) is 0 Å². The van der Waals surface area contributed by atoms with Crippen molar-refractivity contribution in [1.82, 2.24) is 0 Å². The van der Waals surface area contributed by atoms with E-state index in [2.05, 4.69) is 36.4 Å². The highest BCUT2D eigenvalue weighted by molar-refractivity contribution is 5.16. The van der Waals surface area contributed by atoms with E-state index in [1.807, 2.05) is 61.5 Å². The Kier molecular flexibility index (Phi) is 7.92.